The summed E-state index contributed by atoms with van der Waals surface area (Å²) in [4.78, 5) is 29.5. The normalized spacial score (nSPS) is 10.6. The van der Waals surface area contributed by atoms with E-state index in [-0.39, 0.29) is 31.0 Å². The number of carbonyl (C=O) groups is 2. The van der Waals surface area contributed by atoms with Gasteiger partial charge < -0.3 is 14.7 Å². The predicted octanol–water partition coefficient (Wildman–Crippen LogP) is 2.08. The number of amides is 2. The van der Waals surface area contributed by atoms with Crippen molar-refractivity contribution in [3.8, 4) is 0 Å². The first-order valence-corrected chi connectivity index (χ1v) is 8.19. The lowest BCUT2D eigenvalue weighted by molar-refractivity contribution is -0.130. The zero-order valence-corrected chi connectivity index (χ0v) is 14.6. The second kappa shape index (κ2) is 9.02. The molecule has 0 saturated heterocycles. The van der Waals surface area contributed by atoms with Gasteiger partial charge in [0, 0.05) is 32.5 Å². The number of halogens is 2. The Morgan fingerprint density at radius 2 is 2.08 bits per heavy atom. The lowest BCUT2D eigenvalue weighted by Crippen LogP contribution is -2.29. The highest BCUT2D eigenvalue weighted by Gasteiger charge is 2.15. The zero-order chi connectivity index (χ0) is 19.1. The van der Waals surface area contributed by atoms with Crippen LogP contribution in [0.1, 0.15) is 41.8 Å². The maximum atomic E-state index is 13.5. The molecule has 1 aromatic heterocycles. The van der Waals surface area contributed by atoms with Crippen LogP contribution < -0.4 is 5.32 Å². The molecule has 26 heavy (non-hydrogen) atoms. The Balaban J connectivity index is 1.72. The SMILES string of the molecule is CCc1noc(CN(C)C(=O)CCCNC(=O)c2ccc(F)cc2F)n1. The molecule has 140 valence electrons. The summed E-state index contributed by atoms with van der Waals surface area (Å²) in [7, 11) is 1.62. The largest absolute Gasteiger partial charge is 0.352 e. The van der Waals surface area contributed by atoms with Crippen LogP contribution in [0, 0.1) is 11.6 Å². The van der Waals surface area contributed by atoms with Gasteiger partial charge in [0.05, 0.1) is 12.1 Å². The second-order valence-electron chi connectivity index (χ2n) is 5.69. The number of carbonyl (C=O) groups excluding carboxylic acids is 2. The van der Waals surface area contributed by atoms with E-state index >= 15 is 0 Å². The molecule has 9 heteroatoms. The fourth-order valence-corrected chi connectivity index (χ4v) is 2.19. The highest BCUT2D eigenvalue weighted by Crippen LogP contribution is 2.09. The third-order valence-electron chi connectivity index (χ3n) is 3.65. The smallest absolute Gasteiger partial charge is 0.254 e. The summed E-state index contributed by atoms with van der Waals surface area (Å²) in [5.74, 6) is -1.54. The van der Waals surface area contributed by atoms with Gasteiger partial charge in [0.25, 0.3) is 5.91 Å². The highest BCUT2D eigenvalue weighted by molar-refractivity contribution is 5.94. The van der Waals surface area contributed by atoms with Crippen LogP contribution in [0.2, 0.25) is 0 Å². The number of aryl methyl sites for hydroxylation is 1. The zero-order valence-electron chi connectivity index (χ0n) is 14.6. The molecule has 2 amide bonds. The van der Waals surface area contributed by atoms with E-state index in [4.69, 9.17) is 4.52 Å². The van der Waals surface area contributed by atoms with Crippen LogP contribution in [-0.4, -0.2) is 40.4 Å². The van der Waals surface area contributed by atoms with Crippen molar-refractivity contribution in [2.24, 2.45) is 0 Å². The molecule has 1 aromatic carbocycles. The molecule has 2 aromatic rings. The molecule has 0 radical (unpaired) electrons. The van der Waals surface area contributed by atoms with Crippen molar-refractivity contribution in [3.63, 3.8) is 0 Å². The van der Waals surface area contributed by atoms with E-state index in [0.717, 1.165) is 12.1 Å². The van der Waals surface area contributed by atoms with E-state index in [0.29, 0.717) is 30.6 Å². The van der Waals surface area contributed by atoms with E-state index in [1.165, 1.54) is 4.90 Å². The van der Waals surface area contributed by atoms with Crippen molar-refractivity contribution in [3.05, 3.63) is 47.1 Å². The van der Waals surface area contributed by atoms with Crippen LogP contribution in [0.15, 0.2) is 22.7 Å². The van der Waals surface area contributed by atoms with Gasteiger partial charge in [-0.3, -0.25) is 9.59 Å². The predicted molar refractivity (Wildman–Crippen MR) is 88.1 cm³/mol. The molecule has 0 bridgehead atoms. The van der Waals surface area contributed by atoms with Crippen molar-refractivity contribution in [1.29, 1.82) is 0 Å². The number of hydrogen-bond donors (Lipinski definition) is 1. The van der Waals surface area contributed by atoms with Crippen molar-refractivity contribution in [2.75, 3.05) is 13.6 Å². The van der Waals surface area contributed by atoms with Crippen LogP contribution in [0.5, 0.6) is 0 Å². The van der Waals surface area contributed by atoms with Crippen LogP contribution in [0.3, 0.4) is 0 Å². The number of aromatic nitrogens is 2. The topological polar surface area (TPSA) is 88.3 Å². The Labute approximate surface area is 149 Å². The number of nitrogens with zero attached hydrogens (tertiary/aromatic N) is 3. The molecule has 0 aliphatic carbocycles. The maximum Gasteiger partial charge on any atom is 0.254 e. The van der Waals surface area contributed by atoms with Crippen molar-refractivity contribution >= 4 is 11.8 Å². The van der Waals surface area contributed by atoms with E-state index in [1.807, 2.05) is 6.92 Å². The Bertz CT molecular complexity index is 779. The van der Waals surface area contributed by atoms with Crippen molar-refractivity contribution in [2.45, 2.75) is 32.7 Å². The number of benzene rings is 1. The van der Waals surface area contributed by atoms with E-state index < -0.39 is 17.5 Å². The second-order valence-corrected chi connectivity index (χ2v) is 5.69. The molecule has 1 N–H and O–H groups in total. The molecule has 1 heterocycles. The summed E-state index contributed by atoms with van der Waals surface area (Å²) < 4.78 is 31.4. The lowest BCUT2D eigenvalue weighted by Gasteiger charge is -2.14. The van der Waals surface area contributed by atoms with Gasteiger partial charge in [0.1, 0.15) is 11.6 Å². The molecule has 0 aliphatic rings. The first-order valence-electron chi connectivity index (χ1n) is 8.19. The molecule has 0 saturated carbocycles. The van der Waals surface area contributed by atoms with Gasteiger partial charge in [-0.05, 0) is 18.6 Å². The average molecular weight is 366 g/mol. The molecule has 0 aliphatic heterocycles. The van der Waals surface area contributed by atoms with Gasteiger partial charge in [0.2, 0.25) is 11.8 Å². The third kappa shape index (κ3) is 5.33. The number of nitrogens with one attached hydrogen (secondary N) is 1. The molecule has 2 rings (SSSR count). The molecule has 0 spiro atoms. The molecular weight excluding hydrogens is 346 g/mol. The van der Waals surface area contributed by atoms with E-state index in [2.05, 4.69) is 15.5 Å². The fraction of sp³-hybridized carbons (Fsp3) is 0.412. The lowest BCUT2D eigenvalue weighted by atomic mass is 10.2. The summed E-state index contributed by atoms with van der Waals surface area (Å²) >= 11 is 0. The maximum absolute atomic E-state index is 13.5. The molecule has 0 fully saturated rings. The Hall–Kier alpha value is -2.84. The summed E-state index contributed by atoms with van der Waals surface area (Å²) in [6, 6.07) is 2.74. The van der Waals surface area contributed by atoms with Crippen LogP contribution in [-0.2, 0) is 17.8 Å². The highest BCUT2D eigenvalue weighted by atomic mass is 19.1. The minimum atomic E-state index is -0.927. The van der Waals surface area contributed by atoms with Gasteiger partial charge in [-0.2, -0.15) is 4.98 Å². The molecular formula is C17H20F2N4O3. The van der Waals surface area contributed by atoms with E-state index in [1.54, 1.807) is 7.05 Å². The first kappa shape index (κ1) is 19.5. The van der Waals surface area contributed by atoms with Crippen LogP contribution in [0.4, 0.5) is 8.78 Å². The summed E-state index contributed by atoms with van der Waals surface area (Å²) in [5, 5.41) is 6.26. The number of rotatable bonds is 8. The number of hydrogen-bond acceptors (Lipinski definition) is 5. The van der Waals surface area contributed by atoms with Crippen LogP contribution >= 0.6 is 0 Å². The quantitative estimate of drug-likeness (QED) is 0.723. The van der Waals surface area contributed by atoms with Crippen molar-refractivity contribution in [1.82, 2.24) is 20.4 Å². The van der Waals surface area contributed by atoms with E-state index in [9.17, 15) is 18.4 Å². The Morgan fingerprint density at radius 3 is 2.73 bits per heavy atom. The van der Waals surface area contributed by atoms with Crippen LogP contribution in [0.25, 0.3) is 0 Å². The van der Waals surface area contributed by atoms with Gasteiger partial charge in [-0.1, -0.05) is 12.1 Å². The first-order chi connectivity index (χ1) is 12.4. The minimum absolute atomic E-state index is 0.150. The third-order valence-corrected chi connectivity index (χ3v) is 3.65. The summed E-state index contributed by atoms with van der Waals surface area (Å²) in [6.45, 7) is 2.30. The molecule has 0 atom stereocenters. The van der Waals surface area contributed by atoms with Gasteiger partial charge in [-0.15, -0.1) is 0 Å². The minimum Gasteiger partial charge on any atom is -0.352 e. The monoisotopic (exact) mass is 366 g/mol. The van der Waals surface area contributed by atoms with Gasteiger partial charge in [-0.25, -0.2) is 8.78 Å². The molecule has 7 nitrogen and oxygen atoms in total. The van der Waals surface area contributed by atoms with Crippen molar-refractivity contribution < 1.29 is 22.9 Å². The summed E-state index contributed by atoms with van der Waals surface area (Å²) in [6.07, 6.45) is 1.22. The molecule has 0 unspecified atom stereocenters. The Morgan fingerprint density at radius 1 is 1.31 bits per heavy atom. The Kier molecular flexibility index (Phi) is 6.76. The standard InChI is InChI=1S/C17H20F2N4O3/c1-3-14-21-15(26-22-14)10-23(2)16(24)5-4-8-20-17(25)12-7-6-11(18)9-13(12)19/h6-7,9H,3-5,8,10H2,1-2H3,(H,20,25). The summed E-state index contributed by atoms with van der Waals surface area (Å²) in [5.41, 5.74) is -0.238. The van der Waals surface area contributed by atoms with Gasteiger partial charge in [0.15, 0.2) is 5.82 Å². The fourth-order valence-electron chi connectivity index (χ4n) is 2.19. The van der Waals surface area contributed by atoms with Gasteiger partial charge >= 0.3 is 0 Å². The average Bonchev–Trinajstić information content (AvgIpc) is 3.05.